The number of aliphatic hydroxyl groups is 1. The van der Waals surface area contributed by atoms with Crippen molar-refractivity contribution in [2.75, 3.05) is 13.1 Å². The molecule has 2 aromatic rings. The summed E-state index contributed by atoms with van der Waals surface area (Å²) in [5.41, 5.74) is 0. The highest BCUT2D eigenvalue weighted by molar-refractivity contribution is 7.10. The van der Waals surface area contributed by atoms with E-state index in [-0.39, 0.29) is 6.10 Å². The van der Waals surface area contributed by atoms with Crippen LogP contribution in [0, 0.1) is 5.92 Å². The number of piperidine rings is 1. The molecule has 0 radical (unpaired) electrons. The number of hydrogen-bond donors (Lipinski definition) is 1. The Morgan fingerprint density at radius 3 is 2.90 bits per heavy atom. The van der Waals surface area contributed by atoms with E-state index in [1.165, 1.54) is 0 Å². The zero-order valence-corrected chi connectivity index (χ0v) is 13.3. The van der Waals surface area contributed by atoms with Crippen LogP contribution in [0.5, 0.6) is 0 Å². The number of aryl methyl sites for hydroxylation is 1. The summed E-state index contributed by atoms with van der Waals surface area (Å²) in [7, 11) is 0. The Hall–Kier alpha value is -1.17. The monoisotopic (exact) mass is 305 g/mol. The van der Waals surface area contributed by atoms with Crippen molar-refractivity contribution in [3.63, 3.8) is 0 Å². The minimum absolute atomic E-state index is 0.287. The molecule has 0 amide bonds. The molecule has 21 heavy (non-hydrogen) atoms. The van der Waals surface area contributed by atoms with Crippen molar-refractivity contribution in [3.8, 4) is 0 Å². The molecule has 1 fully saturated rings. The van der Waals surface area contributed by atoms with E-state index in [4.69, 9.17) is 0 Å². The zero-order valence-electron chi connectivity index (χ0n) is 12.5. The van der Waals surface area contributed by atoms with E-state index >= 15 is 0 Å². The molecule has 1 aliphatic rings. The molecule has 0 bridgehead atoms. The SMILES string of the molecule is CCn1ccnc1CN1CCC([C@H](O)c2cccs2)CC1. The number of aromatic nitrogens is 2. The van der Waals surface area contributed by atoms with Crippen molar-refractivity contribution >= 4 is 11.3 Å². The first kappa shape index (κ1) is 14.8. The number of likely N-dealkylation sites (tertiary alicyclic amines) is 1. The average Bonchev–Trinajstić information content (AvgIpc) is 3.18. The van der Waals surface area contributed by atoms with Crippen molar-refractivity contribution in [1.29, 1.82) is 0 Å². The second kappa shape index (κ2) is 6.73. The van der Waals surface area contributed by atoms with Crippen molar-refractivity contribution in [2.45, 2.75) is 39.0 Å². The topological polar surface area (TPSA) is 41.3 Å². The zero-order chi connectivity index (χ0) is 14.7. The van der Waals surface area contributed by atoms with Gasteiger partial charge >= 0.3 is 0 Å². The van der Waals surface area contributed by atoms with Crippen LogP contribution in [-0.4, -0.2) is 32.6 Å². The summed E-state index contributed by atoms with van der Waals surface area (Å²) in [6, 6.07) is 4.06. The van der Waals surface area contributed by atoms with E-state index < -0.39 is 0 Å². The normalized spacial score (nSPS) is 19.0. The minimum atomic E-state index is -0.287. The summed E-state index contributed by atoms with van der Waals surface area (Å²) in [6.45, 7) is 6.13. The first-order valence-corrected chi connectivity index (χ1v) is 8.59. The first-order valence-electron chi connectivity index (χ1n) is 7.71. The molecule has 0 spiro atoms. The van der Waals surface area contributed by atoms with Crippen LogP contribution >= 0.6 is 11.3 Å². The summed E-state index contributed by atoms with van der Waals surface area (Å²) in [5.74, 6) is 1.54. The van der Waals surface area contributed by atoms with E-state index in [1.807, 2.05) is 29.9 Å². The van der Waals surface area contributed by atoms with Crippen LogP contribution in [0.1, 0.15) is 36.6 Å². The maximum atomic E-state index is 10.4. The fourth-order valence-corrected chi connectivity index (χ4v) is 3.90. The lowest BCUT2D eigenvalue weighted by Crippen LogP contribution is -2.35. The highest BCUT2D eigenvalue weighted by Gasteiger charge is 2.27. The molecule has 0 aliphatic carbocycles. The van der Waals surface area contributed by atoms with E-state index in [0.717, 1.165) is 49.7 Å². The number of imidazole rings is 1. The Bertz CT molecular complexity index is 544. The number of hydrogen-bond acceptors (Lipinski definition) is 4. The van der Waals surface area contributed by atoms with E-state index in [1.54, 1.807) is 11.3 Å². The van der Waals surface area contributed by atoms with Gasteiger partial charge in [-0.25, -0.2) is 4.98 Å². The summed E-state index contributed by atoms with van der Waals surface area (Å²) in [6.07, 6.45) is 5.76. The third-order valence-electron chi connectivity index (χ3n) is 4.42. The predicted octanol–water partition coefficient (Wildman–Crippen LogP) is 2.91. The smallest absolute Gasteiger partial charge is 0.122 e. The highest BCUT2D eigenvalue weighted by Crippen LogP contribution is 2.33. The molecule has 1 atom stereocenters. The number of nitrogens with zero attached hydrogens (tertiary/aromatic N) is 3. The van der Waals surface area contributed by atoms with Gasteiger partial charge in [-0.2, -0.15) is 0 Å². The van der Waals surface area contributed by atoms with Crippen molar-refractivity contribution in [2.24, 2.45) is 5.92 Å². The standard InChI is InChI=1S/C16H23N3OS/c1-2-19-10-7-17-15(19)12-18-8-5-13(6-9-18)16(20)14-4-3-11-21-14/h3-4,7,10-11,13,16,20H,2,5-6,8-9,12H2,1H3/t16-/m0/s1. The Morgan fingerprint density at radius 1 is 1.43 bits per heavy atom. The van der Waals surface area contributed by atoms with Crippen molar-refractivity contribution in [1.82, 2.24) is 14.5 Å². The third-order valence-corrected chi connectivity index (χ3v) is 5.36. The Labute approximate surface area is 130 Å². The summed E-state index contributed by atoms with van der Waals surface area (Å²) < 4.78 is 2.20. The molecule has 4 nitrogen and oxygen atoms in total. The van der Waals surface area contributed by atoms with Crippen LogP contribution in [-0.2, 0) is 13.1 Å². The number of aliphatic hydroxyl groups excluding tert-OH is 1. The first-order chi connectivity index (χ1) is 10.3. The molecular weight excluding hydrogens is 282 g/mol. The Kier molecular flexibility index (Phi) is 4.73. The maximum Gasteiger partial charge on any atom is 0.122 e. The van der Waals surface area contributed by atoms with E-state index in [2.05, 4.69) is 21.4 Å². The fourth-order valence-electron chi connectivity index (χ4n) is 3.10. The van der Waals surface area contributed by atoms with Gasteiger partial charge in [-0.1, -0.05) is 6.07 Å². The van der Waals surface area contributed by atoms with Crippen LogP contribution in [0.2, 0.25) is 0 Å². The van der Waals surface area contributed by atoms with Crippen LogP contribution in [0.3, 0.4) is 0 Å². The van der Waals surface area contributed by atoms with Gasteiger partial charge in [-0.15, -0.1) is 11.3 Å². The van der Waals surface area contributed by atoms with Gasteiger partial charge in [-0.3, -0.25) is 4.90 Å². The lowest BCUT2D eigenvalue weighted by molar-refractivity contribution is 0.0580. The van der Waals surface area contributed by atoms with E-state index in [9.17, 15) is 5.11 Å². The lowest BCUT2D eigenvalue weighted by atomic mass is 9.90. The summed E-state index contributed by atoms with van der Waals surface area (Å²) >= 11 is 1.66. The molecule has 3 rings (SSSR count). The minimum Gasteiger partial charge on any atom is -0.387 e. The van der Waals surface area contributed by atoms with Gasteiger partial charge < -0.3 is 9.67 Å². The highest BCUT2D eigenvalue weighted by atomic mass is 32.1. The van der Waals surface area contributed by atoms with E-state index in [0.29, 0.717) is 5.92 Å². The summed E-state index contributed by atoms with van der Waals surface area (Å²) in [5, 5.41) is 12.5. The second-order valence-electron chi connectivity index (χ2n) is 5.70. The van der Waals surface area contributed by atoms with Crippen LogP contribution in [0.25, 0.3) is 0 Å². The van der Waals surface area contributed by atoms with Gasteiger partial charge in [0, 0.05) is 23.8 Å². The molecule has 5 heteroatoms. The molecule has 1 N–H and O–H groups in total. The lowest BCUT2D eigenvalue weighted by Gasteiger charge is -2.33. The number of rotatable bonds is 5. The fraction of sp³-hybridized carbons (Fsp3) is 0.562. The molecule has 0 unspecified atom stereocenters. The Morgan fingerprint density at radius 2 is 2.24 bits per heavy atom. The predicted molar refractivity (Wildman–Crippen MR) is 85.2 cm³/mol. The Balaban J connectivity index is 1.53. The summed E-state index contributed by atoms with van der Waals surface area (Å²) in [4.78, 5) is 8.01. The average molecular weight is 305 g/mol. The molecule has 114 valence electrons. The molecule has 1 aliphatic heterocycles. The molecule has 1 saturated heterocycles. The molecule has 0 aromatic carbocycles. The maximum absolute atomic E-state index is 10.4. The molecule has 3 heterocycles. The largest absolute Gasteiger partial charge is 0.387 e. The van der Waals surface area contributed by atoms with Crippen LogP contribution in [0.4, 0.5) is 0 Å². The number of thiophene rings is 1. The van der Waals surface area contributed by atoms with Gasteiger partial charge in [0.15, 0.2) is 0 Å². The van der Waals surface area contributed by atoms with Crippen LogP contribution in [0.15, 0.2) is 29.9 Å². The van der Waals surface area contributed by atoms with Crippen molar-refractivity contribution in [3.05, 3.63) is 40.6 Å². The molecule has 2 aromatic heterocycles. The quantitative estimate of drug-likeness (QED) is 0.923. The van der Waals surface area contributed by atoms with Crippen LogP contribution < -0.4 is 0 Å². The van der Waals surface area contributed by atoms with Crippen molar-refractivity contribution < 1.29 is 5.11 Å². The van der Waals surface area contributed by atoms with Gasteiger partial charge in [0.1, 0.15) is 5.82 Å². The second-order valence-corrected chi connectivity index (χ2v) is 6.68. The van der Waals surface area contributed by atoms with Gasteiger partial charge in [0.05, 0.1) is 12.6 Å². The molecule has 0 saturated carbocycles. The third kappa shape index (κ3) is 3.36. The van der Waals surface area contributed by atoms with Gasteiger partial charge in [-0.05, 0) is 50.2 Å². The van der Waals surface area contributed by atoms with Gasteiger partial charge in [0.2, 0.25) is 0 Å². The van der Waals surface area contributed by atoms with Gasteiger partial charge in [0.25, 0.3) is 0 Å². The molecular formula is C16H23N3OS.